The molecule has 0 aliphatic carbocycles. The zero-order chi connectivity index (χ0) is 16.6. The highest BCUT2D eigenvalue weighted by atomic mass is 32.2. The van der Waals surface area contributed by atoms with Crippen LogP contribution in [0, 0.1) is 0 Å². The number of hydrogen-bond acceptors (Lipinski definition) is 5. The molecular formula is C15H26N2O4S. The summed E-state index contributed by atoms with van der Waals surface area (Å²) >= 11 is 0. The Kier molecular flexibility index (Phi) is 7.98. The van der Waals surface area contributed by atoms with Gasteiger partial charge in [0.2, 0.25) is 10.0 Å². The molecule has 0 bridgehead atoms. The molecule has 0 aliphatic heterocycles. The van der Waals surface area contributed by atoms with Gasteiger partial charge in [-0.1, -0.05) is 19.1 Å². The summed E-state index contributed by atoms with van der Waals surface area (Å²) in [7, 11) is -3.71. The molecule has 6 nitrogen and oxygen atoms in total. The van der Waals surface area contributed by atoms with Crippen LogP contribution in [0.5, 0.6) is 0 Å². The number of rotatable bonds is 10. The predicted octanol–water partition coefficient (Wildman–Crippen LogP) is 1.16. The van der Waals surface area contributed by atoms with Crippen molar-refractivity contribution in [1.29, 1.82) is 0 Å². The second-order valence-electron chi connectivity index (χ2n) is 5.13. The van der Waals surface area contributed by atoms with E-state index in [2.05, 4.69) is 5.32 Å². The molecule has 1 rings (SSSR count). The predicted molar refractivity (Wildman–Crippen MR) is 86.0 cm³/mol. The number of benzene rings is 1. The topological polar surface area (TPSA) is 102 Å². The Morgan fingerprint density at radius 3 is 2.68 bits per heavy atom. The Hall–Kier alpha value is -0.990. The highest BCUT2D eigenvalue weighted by molar-refractivity contribution is 7.89. The number of nitrogens with two attached hydrogens (primary N) is 1. The monoisotopic (exact) mass is 330 g/mol. The Balaban J connectivity index is 2.64. The van der Waals surface area contributed by atoms with Crippen LogP contribution in [0.2, 0.25) is 0 Å². The zero-order valence-corrected chi connectivity index (χ0v) is 14.0. The highest BCUT2D eigenvalue weighted by Gasteiger charge is 2.14. The molecule has 1 aromatic rings. The van der Waals surface area contributed by atoms with Gasteiger partial charge in [0.05, 0.1) is 11.0 Å². The van der Waals surface area contributed by atoms with Crippen molar-refractivity contribution in [1.82, 2.24) is 5.32 Å². The first-order valence-corrected chi connectivity index (χ1v) is 9.05. The molecule has 2 atom stereocenters. The van der Waals surface area contributed by atoms with E-state index >= 15 is 0 Å². The molecule has 0 radical (unpaired) electrons. The van der Waals surface area contributed by atoms with Gasteiger partial charge in [-0.05, 0) is 37.5 Å². The fraction of sp³-hybridized carbons (Fsp3) is 0.600. The number of hydrogen-bond donors (Lipinski definition) is 3. The van der Waals surface area contributed by atoms with E-state index in [4.69, 9.17) is 9.88 Å². The van der Waals surface area contributed by atoms with Crippen LogP contribution in [0.15, 0.2) is 29.2 Å². The van der Waals surface area contributed by atoms with Crippen molar-refractivity contribution in [2.75, 3.05) is 19.8 Å². The summed E-state index contributed by atoms with van der Waals surface area (Å²) in [5.74, 6) is 0. The smallest absolute Gasteiger partial charge is 0.238 e. The molecule has 1 aromatic carbocycles. The van der Waals surface area contributed by atoms with Gasteiger partial charge in [-0.3, -0.25) is 0 Å². The molecule has 0 spiro atoms. The first kappa shape index (κ1) is 19.1. The number of aliphatic hydroxyl groups excluding tert-OH is 1. The Bertz CT molecular complexity index is 548. The summed E-state index contributed by atoms with van der Waals surface area (Å²) in [4.78, 5) is 0.0992. The van der Waals surface area contributed by atoms with Gasteiger partial charge in [-0.15, -0.1) is 0 Å². The van der Waals surface area contributed by atoms with Gasteiger partial charge >= 0.3 is 0 Å². The van der Waals surface area contributed by atoms with Crippen LogP contribution in [-0.4, -0.2) is 39.4 Å². The third-order valence-corrected chi connectivity index (χ3v) is 4.31. The average Bonchev–Trinajstić information content (AvgIpc) is 2.47. The van der Waals surface area contributed by atoms with Crippen molar-refractivity contribution in [2.24, 2.45) is 5.14 Å². The van der Waals surface area contributed by atoms with Crippen LogP contribution in [0.1, 0.15) is 38.3 Å². The van der Waals surface area contributed by atoms with Gasteiger partial charge in [0, 0.05) is 25.8 Å². The van der Waals surface area contributed by atoms with Crippen LogP contribution in [0.3, 0.4) is 0 Å². The van der Waals surface area contributed by atoms with Crippen LogP contribution >= 0.6 is 0 Å². The minimum atomic E-state index is -3.71. The normalized spacial score (nSPS) is 14.7. The molecule has 0 saturated heterocycles. The van der Waals surface area contributed by atoms with E-state index in [0.29, 0.717) is 26.2 Å². The van der Waals surface area contributed by atoms with E-state index in [-0.39, 0.29) is 10.9 Å². The van der Waals surface area contributed by atoms with E-state index in [1.54, 1.807) is 12.1 Å². The van der Waals surface area contributed by atoms with Gasteiger partial charge < -0.3 is 15.2 Å². The number of nitrogens with one attached hydrogen (secondary N) is 1. The molecule has 0 aliphatic rings. The first-order valence-electron chi connectivity index (χ1n) is 7.50. The minimum Gasteiger partial charge on any atom is -0.392 e. The van der Waals surface area contributed by atoms with Crippen molar-refractivity contribution >= 4 is 10.0 Å². The van der Waals surface area contributed by atoms with E-state index in [1.165, 1.54) is 6.07 Å². The summed E-state index contributed by atoms with van der Waals surface area (Å²) in [6.07, 6.45) is 0.836. The standard InChI is InChI=1S/C15H26N2O4S/c1-3-15(17-11-13(18)8-9-21-4-2)12-6-5-7-14(10-12)22(16,19)20/h5-7,10,13,15,17-18H,3-4,8-9,11H2,1-2H3,(H2,16,19,20)/t13-,15+/m0/s1. The van der Waals surface area contributed by atoms with Crippen molar-refractivity contribution in [2.45, 2.75) is 43.7 Å². The molecule has 0 fully saturated rings. The quantitative estimate of drug-likeness (QED) is 0.559. The summed E-state index contributed by atoms with van der Waals surface area (Å²) in [5, 5.41) is 18.3. The third-order valence-electron chi connectivity index (χ3n) is 3.40. The highest BCUT2D eigenvalue weighted by Crippen LogP contribution is 2.19. The summed E-state index contributed by atoms with van der Waals surface area (Å²) in [6.45, 7) is 5.49. The molecule has 0 saturated carbocycles. The minimum absolute atomic E-state index is 0.0385. The summed E-state index contributed by atoms with van der Waals surface area (Å²) < 4.78 is 28.0. The lowest BCUT2D eigenvalue weighted by atomic mass is 10.0. The molecule has 126 valence electrons. The molecule has 7 heteroatoms. The van der Waals surface area contributed by atoms with Gasteiger partial charge in [0.15, 0.2) is 0 Å². The molecular weight excluding hydrogens is 304 g/mol. The Labute approximate surface area is 132 Å². The maximum Gasteiger partial charge on any atom is 0.238 e. The fourth-order valence-electron chi connectivity index (χ4n) is 2.15. The van der Waals surface area contributed by atoms with E-state index in [9.17, 15) is 13.5 Å². The molecule has 22 heavy (non-hydrogen) atoms. The van der Waals surface area contributed by atoms with E-state index < -0.39 is 16.1 Å². The molecule has 0 aromatic heterocycles. The Morgan fingerprint density at radius 2 is 2.09 bits per heavy atom. The zero-order valence-electron chi connectivity index (χ0n) is 13.2. The van der Waals surface area contributed by atoms with Gasteiger partial charge in [-0.2, -0.15) is 0 Å². The fourth-order valence-corrected chi connectivity index (χ4v) is 2.72. The number of sulfonamides is 1. The largest absolute Gasteiger partial charge is 0.392 e. The van der Waals surface area contributed by atoms with Gasteiger partial charge in [0.25, 0.3) is 0 Å². The maximum absolute atomic E-state index is 11.4. The third kappa shape index (κ3) is 6.41. The van der Waals surface area contributed by atoms with Crippen molar-refractivity contribution < 1.29 is 18.3 Å². The second kappa shape index (κ2) is 9.22. The lowest BCUT2D eigenvalue weighted by Crippen LogP contribution is -2.31. The molecule has 0 heterocycles. The number of ether oxygens (including phenoxy) is 1. The van der Waals surface area contributed by atoms with Crippen molar-refractivity contribution in [3.8, 4) is 0 Å². The summed E-state index contributed by atoms with van der Waals surface area (Å²) in [6, 6.07) is 6.53. The maximum atomic E-state index is 11.4. The molecule has 0 unspecified atom stereocenters. The molecule has 0 amide bonds. The van der Waals surface area contributed by atoms with Gasteiger partial charge in [-0.25, -0.2) is 13.6 Å². The Morgan fingerprint density at radius 1 is 1.36 bits per heavy atom. The number of aliphatic hydroxyl groups is 1. The first-order chi connectivity index (χ1) is 10.4. The van der Waals surface area contributed by atoms with Crippen LogP contribution in [0.25, 0.3) is 0 Å². The SMILES string of the molecule is CCOCC[C@H](O)CN[C@H](CC)c1cccc(S(N)(=O)=O)c1. The molecule has 4 N–H and O–H groups in total. The van der Waals surface area contributed by atoms with E-state index in [0.717, 1.165) is 12.0 Å². The summed E-state index contributed by atoms with van der Waals surface area (Å²) in [5.41, 5.74) is 0.839. The van der Waals surface area contributed by atoms with Crippen molar-refractivity contribution in [3.05, 3.63) is 29.8 Å². The average molecular weight is 330 g/mol. The van der Waals surface area contributed by atoms with Crippen LogP contribution in [-0.2, 0) is 14.8 Å². The van der Waals surface area contributed by atoms with E-state index in [1.807, 2.05) is 19.9 Å². The number of primary sulfonamides is 1. The van der Waals surface area contributed by atoms with Crippen LogP contribution < -0.4 is 10.5 Å². The second-order valence-corrected chi connectivity index (χ2v) is 6.69. The lowest BCUT2D eigenvalue weighted by Gasteiger charge is -2.20. The lowest BCUT2D eigenvalue weighted by molar-refractivity contribution is 0.0865. The van der Waals surface area contributed by atoms with Gasteiger partial charge in [0.1, 0.15) is 0 Å². The van der Waals surface area contributed by atoms with Crippen molar-refractivity contribution in [3.63, 3.8) is 0 Å². The van der Waals surface area contributed by atoms with Crippen LogP contribution in [0.4, 0.5) is 0 Å².